The Kier molecular flexibility index (Phi) is 7.15. The standard InChI is InChI=1S/C40H30N5.Pt/c1-25-14-8-9-17-28(25)32-22-26(40(2,3)4)23-35(42-32)45-34-21-13-11-19-30(34)37-31(24-41)36-29-18-10-12-20-33(29)44(38(36)43-39(37)45)27-15-6-5-7-16-27;/h5-15,17-23H,1-4H3;/q-1;. The van der Waals surface area contributed by atoms with Gasteiger partial charge in [0.2, 0.25) is 0 Å². The normalized spacial score (nSPS) is 11.7. The summed E-state index contributed by atoms with van der Waals surface area (Å²) in [5.74, 6) is 0.775. The number of benzene rings is 4. The molecule has 0 amide bonds. The van der Waals surface area contributed by atoms with Gasteiger partial charge in [-0.1, -0.05) is 87.1 Å². The zero-order valence-corrected chi connectivity index (χ0v) is 28.2. The van der Waals surface area contributed by atoms with E-state index in [-0.39, 0.29) is 26.5 Å². The van der Waals surface area contributed by atoms with E-state index in [0.29, 0.717) is 11.2 Å². The third-order valence-electron chi connectivity index (χ3n) is 8.78. The Morgan fingerprint density at radius 2 is 1.33 bits per heavy atom. The molecule has 8 aromatic rings. The van der Waals surface area contributed by atoms with Gasteiger partial charge < -0.3 is 4.57 Å². The van der Waals surface area contributed by atoms with Crippen molar-refractivity contribution in [2.75, 3.05) is 0 Å². The number of fused-ring (bicyclic) bond motifs is 6. The first-order valence-corrected chi connectivity index (χ1v) is 15.2. The molecule has 4 aromatic heterocycles. The van der Waals surface area contributed by atoms with E-state index in [1.54, 1.807) is 0 Å². The van der Waals surface area contributed by atoms with Crippen molar-refractivity contribution in [1.82, 2.24) is 19.1 Å². The molecular formula is C40H30N5Pt-. The molecule has 0 unspecified atom stereocenters. The van der Waals surface area contributed by atoms with Gasteiger partial charge in [-0.15, -0.1) is 6.07 Å². The molecule has 226 valence electrons. The molecule has 4 aromatic carbocycles. The van der Waals surface area contributed by atoms with Gasteiger partial charge in [-0.05, 0) is 47.7 Å². The summed E-state index contributed by atoms with van der Waals surface area (Å²) in [7, 11) is 0. The second-order valence-corrected chi connectivity index (χ2v) is 12.6. The minimum absolute atomic E-state index is 0. The number of hydrogen-bond donors (Lipinski definition) is 0. The van der Waals surface area contributed by atoms with Crippen LogP contribution in [0, 0.1) is 24.3 Å². The number of hydrogen-bond acceptors (Lipinski definition) is 3. The first-order chi connectivity index (χ1) is 21.8. The molecule has 0 fully saturated rings. The van der Waals surface area contributed by atoms with Crippen LogP contribution in [0.15, 0.2) is 109 Å². The Balaban J connectivity index is 0.00000338. The van der Waals surface area contributed by atoms with Crippen molar-refractivity contribution >= 4 is 43.9 Å². The van der Waals surface area contributed by atoms with Crippen molar-refractivity contribution < 1.29 is 21.1 Å². The van der Waals surface area contributed by atoms with Gasteiger partial charge in [0.05, 0.1) is 22.3 Å². The maximum absolute atomic E-state index is 10.9. The predicted octanol–water partition coefficient (Wildman–Crippen LogP) is 9.61. The van der Waals surface area contributed by atoms with Gasteiger partial charge in [-0.3, -0.25) is 4.57 Å². The van der Waals surface area contributed by atoms with Gasteiger partial charge in [-0.25, -0.2) is 9.97 Å². The molecule has 0 saturated heterocycles. The van der Waals surface area contributed by atoms with Crippen LogP contribution in [0.3, 0.4) is 0 Å². The van der Waals surface area contributed by atoms with Crippen LogP contribution in [0.25, 0.3) is 66.6 Å². The van der Waals surface area contributed by atoms with Crippen LogP contribution in [0.1, 0.15) is 37.5 Å². The van der Waals surface area contributed by atoms with Crippen LogP contribution in [0.2, 0.25) is 0 Å². The number of nitriles is 1. The maximum Gasteiger partial charge on any atom is 0.150 e. The fourth-order valence-electron chi connectivity index (χ4n) is 6.56. The van der Waals surface area contributed by atoms with E-state index in [4.69, 9.17) is 9.97 Å². The van der Waals surface area contributed by atoms with Gasteiger partial charge in [0.1, 0.15) is 17.5 Å². The molecule has 6 heteroatoms. The SMILES string of the molecule is Cc1ccccc1-c1cc(C(C)(C)C)cc(-n2c3ccccc3c3c(C#N)c4c5ccccc5n(-c5[c-]cccc5)c4nc32)n1.[Pt]. The van der Waals surface area contributed by atoms with Crippen molar-refractivity contribution in [2.24, 2.45) is 0 Å². The molecule has 0 bridgehead atoms. The minimum Gasteiger partial charge on any atom is -0.318 e. The average molecular weight is 776 g/mol. The molecule has 0 spiro atoms. The van der Waals surface area contributed by atoms with Gasteiger partial charge >= 0.3 is 0 Å². The van der Waals surface area contributed by atoms with Crippen LogP contribution < -0.4 is 0 Å². The molecule has 0 radical (unpaired) electrons. The van der Waals surface area contributed by atoms with Gasteiger partial charge in [0, 0.05) is 48.2 Å². The zero-order valence-electron chi connectivity index (χ0n) is 25.9. The molecule has 5 nitrogen and oxygen atoms in total. The predicted molar refractivity (Wildman–Crippen MR) is 183 cm³/mol. The second kappa shape index (κ2) is 11.1. The molecule has 0 aliphatic rings. The summed E-state index contributed by atoms with van der Waals surface area (Å²) >= 11 is 0. The molecular weight excluding hydrogens is 746 g/mol. The second-order valence-electron chi connectivity index (χ2n) is 12.6. The molecule has 8 rings (SSSR count). The summed E-state index contributed by atoms with van der Waals surface area (Å²) in [5.41, 5.74) is 9.08. The van der Waals surface area contributed by atoms with E-state index in [1.807, 2.05) is 48.5 Å². The number of para-hydroxylation sites is 3. The topological polar surface area (TPSA) is 59.4 Å². The quantitative estimate of drug-likeness (QED) is 0.168. The summed E-state index contributed by atoms with van der Waals surface area (Å²) in [5, 5.41) is 14.5. The summed E-state index contributed by atoms with van der Waals surface area (Å²) in [6.07, 6.45) is 0. The van der Waals surface area contributed by atoms with Crippen LogP contribution in [-0.2, 0) is 26.5 Å². The van der Waals surface area contributed by atoms with E-state index in [9.17, 15) is 5.26 Å². The van der Waals surface area contributed by atoms with Gasteiger partial charge in [0.25, 0.3) is 0 Å². The van der Waals surface area contributed by atoms with E-state index < -0.39 is 0 Å². The number of aryl methyl sites for hydroxylation is 1. The van der Waals surface area contributed by atoms with Gasteiger partial charge in [-0.2, -0.15) is 29.5 Å². The van der Waals surface area contributed by atoms with E-state index in [1.165, 1.54) is 11.1 Å². The summed E-state index contributed by atoms with van der Waals surface area (Å²) in [4.78, 5) is 10.7. The summed E-state index contributed by atoms with van der Waals surface area (Å²) in [6.45, 7) is 8.80. The molecule has 4 heterocycles. The Morgan fingerprint density at radius 1 is 0.717 bits per heavy atom. The zero-order chi connectivity index (χ0) is 30.9. The van der Waals surface area contributed by atoms with Crippen molar-refractivity contribution in [3.8, 4) is 28.8 Å². The first kappa shape index (κ1) is 29.7. The largest absolute Gasteiger partial charge is 0.318 e. The van der Waals surface area contributed by atoms with E-state index >= 15 is 0 Å². The van der Waals surface area contributed by atoms with Crippen LogP contribution in [0.5, 0.6) is 0 Å². The summed E-state index contributed by atoms with van der Waals surface area (Å²) < 4.78 is 4.25. The van der Waals surface area contributed by atoms with E-state index in [0.717, 1.165) is 61.0 Å². The monoisotopic (exact) mass is 775 g/mol. The smallest absolute Gasteiger partial charge is 0.150 e. The van der Waals surface area contributed by atoms with Crippen molar-refractivity contribution in [3.63, 3.8) is 0 Å². The molecule has 46 heavy (non-hydrogen) atoms. The van der Waals surface area contributed by atoms with E-state index in [2.05, 4.69) is 110 Å². The number of aromatic nitrogens is 4. The minimum atomic E-state index is -0.123. The number of rotatable bonds is 3. The van der Waals surface area contributed by atoms with Crippen LogP contribution in [-0.4, -0.2) is 19.1 Å². The molecule has 0 atom stereocenters. The first-order valence-electron chi connectivity index (χ1n) is 15.2. The number of pyridine rings is 2. The Labute approximate surface area is 282 Å². The molecule has 0 saturated carbocycles. The molecule has 0 aliphatic carbocycles. The molecule has 0 N–H and O–H groups in total. The fourth-order valence-corrected chi connectivity index (χ4v) is 6.56. The Hall–Kier alpha value is -5.04. The third-order valence-corrected chi connectivity index (χ3v) is 8.78. The van der Waals surface area contributed by atoms with Gasteiger partial charge in [0.15, 0.2) is 5.65 Å². The summed E-state index contributed by atoms with van der Waals surface area (Å²) in [6, 6.07) is 43.1. The average Bonchev–Trinajstić information content (AvgIpc) is 3.56. The third kappa shape index (κ3) is 4.48. The Bertz CT molecular complexity index is 2490. The van der Waals surface area contributed by atoms with Crippen molar-refractivity contribution in [3.05, 3.63) is 132 Å². The van der Waals surface area contributed by atoms with Crippen LogP contribution in [0.4, 0.5) is 0 Å². The van der Waals surface area contributed by atoms with Crippen molar-refractivity contribution in [2.45, 2.75) is 33.1 Å². The van der Waals surface area contributed by atoms with Crippen LogP contribution >= 0.6 is 0 Å². The maximum atomic E-state index is 10.9. The van der Waals surface area contributed by atoms with Crippen molar-refractivity contribution in [1.29, 1.82) is 5.26 Å². The molecule has 0 aliphatic heterocycles. The fraction of sp³-hybridized carbons (Fsp3) is 0.125. The Morgan fingerprint density at radius 3 is 1.96 bits per heavy atom. The number of nitrogens with zero attached hydrogens (tertiary/aromatic N) is 5.